The van der Waals surface area contributed by atoms with Crippen molar-refractivity contribution in [2.45, 2.75) is 0 Å². The standard InChI is InChI=1S/C7H3ClN2O4/c8-4-5-1-6(9(11)12)3-7(2-5)10(13)14/h1-3H. The SMILES string of the molecule is O=[N+]([O-])c1cc([C]Cl)cc([N+](=O)[O-])c1. The summed E-state index contributed by atoms with van der Waals surface area (Å²) in [7, 11) is 0. The smallest absolute Gasteiger partial charge is 0.258 e. The van der Waals surface area contributed by atoms with E-state index in [4.69, 9.17) is 11.6 Å². The Bertz CT molecular complexity index is 361. The molecule has 1 rings (SSSR count). The average Bonchev–Trinajstić information content (AvgIpc) is 2.16. The summed E-state index contributed by atoms with van der Waals surface area (Å²) in [6, 6.07) is 3.05. The summed E-state index contributed by atoms with van der Waals surface area (Å²) in [4.78, 5) is 19.2. The number of hydrogen-bond acceptors (Lipinski definition) is 4. The summed E-state index contributed by atoms with van der Waals surface area (Å²) < 4.78 is 0. The maximum absolute atomic E-state index is 10.4. The quantitative estimate of drug-likeness (QED) is 0.570. The molecule has 6 nitrogen and oxygen atoms in total. The van der Waals surface area contributed by atoms with E-state index >= 15 is 0 Å². The van der Waals surface area contributed by atoms with Crippen LogP contribution in [0, 0.1) is 26.1 Å². The Morgan fingerprint density at radius 2 is 1.50 bits per heavy atom. The van der Waals surface area contributed by atoms with Crippen LogP contribution in [-0.2, 0) is 0 Å². The Morgan fingerprint density at radius 3 is 1.79 bits per heavy atom. The molecular formula is C7H3ClN2O4. The highest BCUT2D eigenvalue weighted by molar-refractivity contribution is 6.25. The Balaban J connectivity index is 3.27. The van der Waals surface area contributed by atoms with Crippen molar-refractivity contribution in [1.82, 2.24) is 0 Å². The molecule has 2 radical (unpaired) electrons. The van der Waals surface area contributed by atoms with Gasteiger partial charge >= 0.3 is 0 Å². The van der Waals surface area contributed by atoms with Crippen molar-refractivity contribution in [2.75, 3.05) is 0 Å². The monoisotopic (exact) mass is 214 g/mol. The van der Waals surface area contributed by atoms with Crippen molar-refractivity contribution in [3.8, 4) is 0 Å². The molecule has 1 aromatic carbocycles. The van der Waals surface area contributed by atoms with E-state index in [9.17, 15) is 20.2 Å². The van der Waals surface area contributed by atoms with Gasteiger partial charge in [-0.3, -0.25) is 20.2 Å². The molecule has 0 atom stereocenters. The fourth-order valence-electron chi connectivity index (χ4n) is 0.861. The molecule has 0 N–H and O–H groups in total. The summed E-state index contributed by atoms with van der Waals surface area (Å²) in [5.74, 6) is 2.08. The van der Waals surface area contributed by atoms with Crippen LogP contribution in [0.5, 0.6) is 0 Å². The molecule has 0 heterocycles. The molecule has 0 aliphatic carbocycles. The van der Waals surface area contributed by atoms with E-state index in [1.165, 1.54) is 0 Å². The first-order valence-electron chi connectivity index (χ1n) is 3.35. The van der Waals surface area contributed by atoms with Crippen molar-refractivity contribution in [1.29, 1.82) is 0 Å². The molecule has 0 aliphatic rings. The van der Waals surface area contributed by atoms with Crippen LogP contribution >= 0.6 is 11.6 Å². The van der Waals surface area contributed by atoms with Crippen LogP contribution in [0.3, 0.4) is 0 Å². The van der Waals surface area contributed by atoms with Crippen molar-refractivity contribution in [2.24, 2.45) is 0 Å². The predicted molar refractivity (Wildman–Crippen MR) is 47.9 cm³/mol. The molecule has 0 saturated heterocycles. The van der Waals surface area contributed by atoms with Gasteiger partial charge in [0.25, 0.3) is 11.4 Å². The van der Waals surface area contributed by atoms with Crippen molar-refractivity contribution in [3.63, 3.8) is 0 Å². The highest BCUT2D eigenvalue weighted by Crippen LogP contribution is 2.23. The average molecular weight is 215 g/mol. The van der Waals surface area contributed by atoms with Crippen LogP contribution in [0.1, 0.15) is 5.56 Å². The third-order valence-electron chi connectivity index (χ3n) is 1.43. The molecule has 14 heavy (non-hydrogen) atoms. The van der Waals surface area contributed by atoms with Gasteiger partial charge in [0.1, 0.15) is 5.88 Å². The van der Waals surface area contributed by atoms with E-state index in [0.717, 1.165) is 18.2 Å². The van der Waals surface area contributed by atoms with E-state index in [1.54, 1.807) is 0 Å². The first kappa shape index (κ1) is 10.4. The summed E-state index contributed by atoms with van der Waals surface area (Å²) in [6.07, 6.45) is 0. The van der Waals surface area contributed by atoms with Gasteiger partial charge in [0.2, 0.25) is 0 Å². The lowest BCUT2D eigenvalue weighted by Crippen LogP contribution is -1.94. The van der Waals surface area contributed by atoms with Crippen LogP contribution < -0.4 is 0 Å². The van der Waals surface area contributed by atoms with Gasteiger partial charge in [-0.2, -0.15) is 0 Å². The van der Waals surface area contributed by atoms with Crippen molar-refractivity contribution in [3.05, 3.63) is 49.9 Å². The molecule has 7 heteroatoms. The number of hydrogen-bond donors (Lipinski definition) is 0. The third kappa shape index (κ3) is 2.17. The van der Waals surface area contributed by atoms with Crippen LogP contribution in [-0.4, -0.2) is 9.85 Å². The number of rotatable bonds is 3. The second-order valence-electron chi connectivity index (χ2n) is 2.35. The zero-order valence-corrected chi connectivity index (χ0v) is 7.39. The topological polar surface area (TPSA) is 86.3 Å². The van der Waals surface area contributed by atoms with Gasteiger partial charge in [-0.15, -0.1) is 11.6 Å². The van der Waals surface area contributed by atoms with E-state index < -0.39 is 9.85 Å². The molecule has 0 spiro atoms. The lowest BCUT2D eigenvalue weighted by atomic mass is 10.2. The molecule has 0 amide bonds. The Morgan fingerprint density at radius 1 is 1.07 bits per heavy atom. The van der Waals surface area contributed by atoms with Gasteiger partial charge in [0, 0.05) is 12.1 Å². The van der Waals surface area contributed by atoms with Crippen molar-refractivity contribution < 1.29 is 9.85 Å². The summed E-state index contributed by atoms with van der Waals surface area (Å²) in [5.41, 5.74) is -0.669. The molecule has 1 aromatic rings. The summed E-state index contributed by atoms with van der Waals surface area (Å²) in [6.45, 7) is 0. The minimum Gasteiger partial charge on any atom is -0.258 e. The normalized spacial score (nSPS) is 9.79. The lowest BCUT2D eigenvalue weighted by molar-refractivity contribution is -0.394. The zero-order chi connectivity index (χ0) is 10.7. The fourth-order valence-corrected chi connectivity index (χ4v) is 0.970. The van der Waals surface area contributed by atoms with Crippen LogP contribution in [0.4, 0.5) is 11.4 Å². The second kappa shape index (κ2) is 4.01. The van der Waals surface area contributed by atoms with Gasteiger partial charge in [0.05, 0.1) is 15.9 Å². The Kier molecular flexibility index (Phi) is 2.98. The molecule has 0 saturated carbocycles. The van der Waals surface area contributed by atoms with Crippen molar-refractivity contribution >= 4 is 23.0 Å². The van der Waals surface area contributed by atoms with Gasteiger partial charge in [-0.1, -0.05) is 0 Å². The van der Waals surface area contributed by atoms with Gasteiger partial charge < -0.3 is 0 Å². The highest BCUT2D eigenvalue weighted by atomic mass is 35.5. The molecular weight excluding hydrogens is 212 g/mol. The van der Waals surface area contributed by atoms with Gasteiger partial charge in [-0.05, 0) is 5.56 Å². The molecule has 0 fully saturated rings. The van der Waals surface area contributed by atoms with Crippen LogP contribution in [0.2, 0.25) is 0 Å². The summed E-state index contributed by atoms with van der Waals surface area (Å²) in [5, 5.41) is 20.7. The number of nitro groups is 2. The van der Waals surface area contributed by atoms with E-state index in [1.807, 2.05) is 0 Å². The van der Waals surface area contributed by atoms with E-state index in [0.29, 0.717) is 0 Å². The number of halogens is 1. The molecule has 0 bridgehead atoms. The number of nitro benzene ring substituents is 2. The highest BCUT2D eigenvalue weighted by Gasteiger charge is 2.15. The largest absolute Gasteiger partial charge is 0.276 e. The lowest BCUT2D eigenvalue weighted by Gasteiger charge is -1.96. The zero-order valence-electron chi connectivity index (χ0n) is 6.64. The first-order valence-corrected chi connectivity index (χ1v) is 3.73. The van der Waals surface area contributed by atoms with Crippen LogP contribution in [0.15, 0.2) is 18.2 Å². The third-order valence-corrected chi connectivity index (χ3v) is 1.65. The van der Waals surface area contributed by atoms with Gasteiger partial charge in [0.15, 0.2) is 0 Å². The van der Waals surface area contributed by atoms with Gasteiger partial charge in [-0.25, -0.2) is 0 Å². The minimum atomic E-state index is -0.731. The molecule has 0 unspecified atom stereocenters. The number of nitrogens with zero attached hydrogens (tertiary/aromatic N) is 2. The summed E-state index contributed by atoms with van der Waals surface area (Å²) >= 11 is 5.19. The van der Waals surface area contributed by atoms with Crippen LogP contribution in [0.25, 0.3) is 0 Å². The fraction of sp³-hybridized carbons (Fsp3) is 0. The molecule has 72 valence electrons. The number of non-ortho nitro benzene ring substituents is 2. The minimum absolute atomic E-state index is 0.104. The van der Waals surface area contributed by atoms with E-state index in [2.05, 4.69) is 5.88 Å². The number of benzene rings is 1. The Labute approximate surface area is 83.4 Å². The second-order valence-corrected chi connectivity index (χ2v) is 2.54. The maximum Gasteiger partial charge on any atom is 0.276 e. The first-order chi connectivity index (χ1) is 6.54. The van der Waals surface area contributed by atoms with E-state index in [-0.39, 0.29) is 16.9 Å². The molecule has 0 aromatic heterocycles. The predicted octanol–water partition coefficient (Wildman–Crippen LogP) is 2.13. The Hall–Kier alpha value is -1.69. The maximum atomic E-state index is 10.4. The molecule has 0 aliphatic heterocycles.